The van der Waals surface area contributed by atoms with Gasteiger partial charge in [-0.2, -0.15) is 0 Å². The Kier molecular flexibility index (Phi) is 5.72. The number of hydrogen-bond acceptors (Lipinski definition) is 7. The summed E-state index contributed by atoms with van der Waals surface area (Å²) in [6.45, 7) is 0. The third-order valence-corrected chi connectivity index (χ3v) is 6.33. The molecule has 29 heavy (non-hydrogen) atoms. The molecule has 8 nitrogen and oxygen atoms in total. The number of aromatic hydroxyl groups is 1. The van der Waals surface area contributed by atoms with Crippen molar-refractivity contribution in [2.45, 2.75) is 10.5 Å². The summed E-state index contributed by atoms with van der Waals surface area (Å²) in [4.78, 5) is 24.7. The monoisotopic (exact) mass is 427 g/mol. The van der Waals surface area contributed by atoms with Crippen LogP contribution in [0.2, 0.25) is 0 Å². The maximum atomic E-state index is 12.5. The Labute approximate surface area is 175 Å². The molecule has 0 spiro atoms. The number of para-hydroxylation sites is 1. The Morgan fingerprint density at radius 1 is 1.21 bits per heavy atom. The summed E-state index contributed by atoms with van der Waals surface area (Å²) in [6.07, 6.45) is 1.59. The maximum absolute atomic E-state index is 12.5. The van der Waals surface area contributed by atoms with Gasteiger partial charge in [0, 0.05) is 5.69 Å². The maximum Gasteiger partial charge on any atom is 0.252 e. The fourth-order valence-corrected chi connectivity index (χ4v) is 4.65. The van der Waals surface area contributed by atoms with Crippen molar-refractivity contribution in [2.24, 2.45) is 0 Å². The summed E-state index contributed by atoms with van der Waals surface area (Å²) in [5.41, 5.74) is 4.43. The largest absolute Gasteiger partial charge is 0.508 e. The van der Waals surface area contributed by atoms with E-state index in [-0.39, 0.29) is 34.4 Å². The van der Waals surface area contributed by atoms with Crippen molar-refractivity contribution in [3.63, 3.8) is 0 Å². The van der Waals surface area contributed by atoms with Gasteiger partial charge in [-0.15, -0.1) is 22.0 Å². The van der Waals surface area contributed by atoms with Crippen LogP contribution in [0, 0.1) is 0 Å². The van der Waals surface area contributed by atoms with Crippen LogP contribution >= 0.6 is 23.5 Å². The molecule has 1 fully saturated rings. The van der Waals surface area contributed by atoms with Gasteiger partial charge >= 0.3 is 0 Å². The molecule has 0 aliphatic carbocycles. The number of carbonyl (C=O) groups excluding carboxylic acids is 2. The molecular weight excluding hydrogens is 410 g/mol. The van der Waals surface area contributed by atoms with Crippen LogP contribution in [0.3, 0.4) is 0 Å². The van der Waals surface area contributed by atoms with Crippen LogP contribution in [0.1, 0.15) is 10.9 Å². The SMILES string of the molecule is O=C(CSc1nncn1-c1ccccc1)NN1C(=O)CSC1c1ccc(O)cc1. The van der Waals surface area contributed by atoms with E-state index in [1.165, 1.54) is 28.5 Å². The molecule has 4 rings (SSSR count). The van der Waals surface area contributed by atoms with Gasteiger partial charge in [-0.25, -0.2) is 5.01 Å². The van der Waals surface area contributed by atoms with Gasteiger partial charge in [0.25, 0.3) is 5.91 Å². The first kappa shape index (κ1) is 19.3. The quantitative estimate of drug-likeness (QED) is 0.583. The first-order chi connectivity index (χ1) is 14.1. The number of phenols is 1. The molecule has 10 heteroatoms. The summed E-state index contributed by atoms with van der Waals surface area (Å²) in [5.74, 6) is 0.0394. The summed E-state index contributed by atoms with van der Waals surface area (Å²) in [5, 5.41) is 19.1. The molecule has 1 aliphatic heterocycles. The molecule has 1 unspecified atom stereocenters. The topological polar surface area (TPSA) is 100 Å². The van der Waals surface area contributed by atoms with E-state index in [1.54, 1.807) is 35.2 Å². The van der Waals surface area contributed by atoms with Gasteiger partial charge in [-0.3, -0.25) is 19.6 Å². The van der Waals surface area contributed by atoms with Crippen molar-refractivity contribution in [1.82, 2.24) is 25.2 Å². The van der Waals surface area contributed by atoms with Crippen molar-refractivity contribution in [1.29, 1.82) is 0 Å². The van der Waals surface area contributed by atoms with E-state index in [9.17, 15) is 14.7 Å². The van der Waals surface area contributed by atoms with Crippen molar-refractivity contribution in [3.05, 3.63) is 66.5 Å². The van der Waals surface area contributed by atoms with E-state index in [0.29, 0.717) is 5.16 Å². The minimum atomic E-state index is -0.329. The first-order valence-electron chi connectivity index (χ1n) is 8.72. The van der Waals surface area contributed by atoms with Crippen molar-refractivity contribution < 1.29 is 14.7 Å². The number of amides is 2. The number of nitrogens with one attached hydrogen (secondary N) is 1. The summed E-state index contributed by atoms with van der Waals surface area (Å²) >= 11 is 2.66. The number of carbonyl (C=O) groups is 2. The van der Waals surface area contributed by atoms with Gasteiger partial charge in [-0.1, -0.05) is 42.1 Å². The van der Waals surface area contributed by atoms with Gasteiger partial charge < -0.3 is 5.11 Å². The van der Waals surface area contributed by atoms with E-state index < -0.39 is 0 Å². The van der Waals surface area contributed by atoms with Crippen LogP contribution < -0.4 is 5.43 Å². The van der Waals surface area contributed by atoms with E-state index in [2.05, 4.69) is 15.6 Å². The third-order valence-electron chi connectivity index (χ3n) is 4.17. The lowest BCUT2D eigenvalue weighted by atomic mass is 10.2. The highest BCUT2D eigenvalue weighted by atomic mass is 32.2. The van der Waals surface area contributed by atoms with Crippen LogP contribution in [-0.2, 0) is 9.59 Å². The van der Waals surface area contributed by atoms with Crippen molar-refractivity contribution in [2.75, 3.05) is 11.5 Å². The summed E-state index contributed by atoms with van der Waals surface area (Å²) < 4.78 is 1.80. The summed E-state index contributed by atoms with van der Waals surface area (Å²) in [6, 6.07) is 16.2. The molecule has 148 valence electrons. The second-order valence-electron chi connectivity index (χ2n) is 6.16. The lowest BCUT2D eigenvalue weighted by Crippen LogP contribution is -2.45. The highest BCUT2D eigenvalue weighted by Crippen LogP contribution is 2.37. The van der Waals surface area contributed by atoms with E-state index in [4.69, 9.17) is 0 Å². The molecule has 0 bridgehead atoms. The zero-order valence-electron chi connectivity index (χ0n) is 15.1. The molecule has 1 aliphatic rings. The van der Waals surface area contributed by atoms with Gasteiger partial charge in [0.15, 0.2) is 5.16 Å². The first-order valence-corrected chi connectivity index (χ1v) is 10.8. The Balaban J connectivity index is 1.40. The number of rotatable bonds is 6. The molecule has 1 saturated heterocycles. The van der Waals surface area contributed by atoms with Gasteiger partial charge in [0.2, 0.25) is 5.91 Å². The molecule has 2 amide bonds. The van der Waals surface area contributed by atoms with Crippen LogP contribution in [0.5, 0.6) is 5.75 Å². The highest BCUT2D eigenvalue weighted by molar-refractivity contribution is 8.00. The number of aromatic nitrogens is 3. The van der Waals surface area contributed by atoms with Gasteiger partial charge in [-0.05, 0) is 29.8 Å². The van der Waals surface area contributed by atoms with E-state index in [1.807, 2.05) is 30.3 Å². The number of benzene rings is 2. The second-order valence-corrected chi connectivity index (χ2v) is 8.17. The molecule has 0 saturated carbocycles. The molecule has 3 aromatic rings. The smallest absolute Gasteiger partial charge is 0.252 e. The fraction of sp³-hybridized carbons (Fsp3) is 0.158. The average molecular weight is 428 g/mol. The lowest BCUT2D eigenvalue weighted by molar-refractivity contribution is -0.138. The fourth-order valence-electron chi connectivity index (χ4n) is 2.82. The molecular formula is C19H17N5O3S2. The minimum Gasteiger partial charge on any atom is -0.508 e. The van der Waals surface area contributed by atoms with Crippen molar-refractivity contribution >= 4 is 35.3 Å². The van der Waals surface area contributed by atoms with Crippen LogP contribution in [0.4, 0.5) is 0 Å². The van der Waals surface area contributed by atoms with Crippen LogP contribution in [-0.4, -0.2) is 48.2 Å². The third kappa shape index (κ3) is 4.38. The average Bonchev–Trinajstić information content (AvgIpc) is 3.35. The molecule has 0 radical (unpaired) electrons. The molecule has 2 aromatic carbocycles. The molecule has 1 aromatic heterocycles. The number of phenolic OH excluding ortho intramolecular Hbond substituents is 1. The lowest BCUT2D eigenvalue weighted by Gasteiger charge is -2.24. The molecule has 1 atom stereocenters. The van der Waals surface area contributed by atoms with Crippen molar-refractivity contribution in [3.8, 4) is 11.4 Å². The predicted octanol–water partition coefficient (Wildman–Crippen LogP) is 2.37. The van der Waals surface area contributed by atoms with Crippen LogP contribution in [0.15, 0.2) is 66.1 Å². The standard InChI is InChI=1S/C19H17N5O3S2/c25-15-8-6-13(7-9-15)18-24(17(27)11-28-18)22-16(26)10-29-19-21-20-12-23(19)14-4-2-1-3-5-14/h1-9,12,18,25H,10-11H2,(H,22,26). The predicted molar refractivity (Wildman–Crippen MR) is 110 cm³/mol. The summed E-state index contributed by atoms with van der Waals surface area (Å²) in [7, 11) is 0. The number of hydrogen-bond donors (Lipinski definition) is 2. The highest BCUT2D eigenvalue weighted by Gasteiger charge is 2.34. The number of nitrogens with zero attached hydrogens (tertiary/aromatic N) is 4. The van der Waals surface area contributed by atoms with Gasteiger partial charge in [0.05, 0.1) is 11.5 Å². The Hall–Kier alpha value is -2.98. The Morgan fingerprint density at radius 2 is 1.97 bits per heavy atom. The molecule has 2 N–H and O–H groups in total. The zero-order chi connectivity index (χ0) is 20.2. The Morgan fingerprint density at radius 3 is 2.72 bits per heavy atom. The van der Waals surface area contributed by atoms with E-state index >= 15 is 0 Å². The van der Waals surface area contributed by atoms with E-state index in [0.717, 1.165) is 11.3 Å². The normalized spacial score (nSPS) is 16.2. The second kappa shape index (κ2) is 8.58. The minimum absolute atomic E-state index is 0.0856. The zero-order valence-corrected chi connectivity index (χ0v) is 16.8. The molecule has 2 heterocycles. The van der Waals surface area contributed by atoms with Crippen LogP contribution in [0.25, 0.3) is 5.69 Å². The number of thioether (sulfide) groups is 2. The van der Waals surface area contributed by atoms with Gasteiger partial charge in [0.1, 0.15) is 17.5 Å². The number of hydrazine groups is 1. The Bertz CT molecular complexity index is 1010.